The van der Waals surface area contributed by atoms with Gasteiger partial charge in [0.1, 0.15) is 0 Å². The number of hydrogen-bond acceptors (Lipinski definition) is 2. The van der Waals surface area contributed by atoms with Crippen LogP contribution in [0.25, 0.3) is 5.69 Å². The topological polar surface area (TPSA) is 33.1 Å². The van der Waals surface area contributed by atoms with Crippen molar-refractivity contribution in [3.8, 4) is 5.69 Å². The average Bonchev–Trinajstić information content (AvgIpc) is 3.33. The van der Waals surface area contributed by atoms with E-state index in [0.29, 0.717) is 0 Å². The van der Waals surface area contributed by atoms with Gasteiger partial charge in [-0.05, 0) is 118 Å². The Morgan fingerprint density at radius 1 is 0.829 bits per heavy atom. The Labute approximate surface area is 213 Å². The Morgan fingerprint density at radius 3 is 2.31 bits per heavy atom. The second kappa shape index (κ2) is 8.97. The molecule has 2 aromatic heterocycles. The van der Waals surface area contributed by atoms with Crippen LogP contribution in [0.3, 0.4) is 0 Å². The number of anilines is 1. The molecule has 178 valence electrons. The molecule has 4 aromatic rings. The predicted octanol–water partition coefficient (Wildman–Crippen LogP) is 6.90. The Balaban J connectivity index is 1.71. The minimum atomic E-state index is -0.0575. The van der Waals surface area contributed by atoms with E-state index in [2.05, 4.69) is 105 Å². The smallest absolute Gasteiger partial charge is 0.174 e. The van der Waals surface area contributed by atoms with Crippen LogP contribution in [0.4, 0.5) is 5.69 Å². The second-order valence-corrected chi connectivity index (χ2v) is 10.1. The summed E-state index contributed by atoms with van der Waals surface area (Å²) in [6.07, 6.45) is 1.86. The highest BCUT2D eigenvalue weighted by atomic mass is 32.1. The summed E-state index contributed by atoms with van der Waals surface area (Å²) in [5.74, 6) is 0. The van der Waals surface area contributed by atoms with Crippen LogP contribution in [-0.4, -0.2) is 14.7 Å². The molecule has 5 rings (SSSR count). The zero-order valence-electron chi connectivity index (χ0n) is 21.3. The van der Waals surface area contributed by atoms with Crippen LogP contribution in [-0.2, 0) is 0 Å². The SMILES string of the molecule is Cc1ccc(C)c(-n2c(C)cc([C@H]3[C@H](c4ccccn4)NC(=S)N3c3ccc(C)c(C)c3)c2C)c1. The number of benzene rings is 2. The summed E-state index contributed by atoms with van der Waals surface area (Å²) >= 11 is 5.95. The highest BCUT2D eigenvalue weighted by Gasteiger charge is 2.42. The van der Waals surface area contributed by atoms with Crippen LogP contribution in [0.15, 0.2) is 66.9 Å². The first kappa shape index (κ1) is 23.3. The lowest BCUT2D eigenvalue weighted by Crippen LogP contribution is -2.29. The van der Waals surface area contributed by atoms with E-state index in [4.69, 9.17) is 17.2 Å². The number of aromatic nitrogens is 2. The van der Waals surface area contributed by atoms with Gasteiger partial charge in [0.2, 0.25) is 0 Å². The van der Waals surface area contributed by atoms with E-state index >= 15 is 0 Å². The molecule has 0 spiro atoms. The van der Waals surface area contributed by atoms with Gasteiger partial charge < -0.3 is 14.8 Å². The molecule has 0 bridgehead atoms. The fourth-order valence-corrected chi connectivity index (χ4v) is 5.59. The molecule has 0 amide bonds. The van der Waals surface area contributed by atoms with E-state index in [9.17, 15) is 0 Å². The first-order valence-corrected chi connectivity index (χ1v) is 12.5. The Bertz CT molecular complexity index is 1420. The maximum absolute atomic E-state index is 5.95. The first-order chi connectivity index (χ1) is 16.8. The van der Waals surface area contributed by atoms with E-state index in [0.717, 1.165) is 16.5 Å². The van der Waals surface area contributed by atoms with Crippen molar-refractivity contribution in [2.45, 2.75) is 53.6 Å². The number of hydrogen-bond donors (Lipinski definition) is 1. The molecule has 2 atom stereocenters. The van der Waals surface area contributed by atoms with Crippen LogP contribution in [0.5, 0.6) is 0 Å². The molecular weight excluding hydrogens is 448 g/mol. The van der Waals surface area contributed by atoms with E-state index in [1.165, 1.54) is 44.9 Å². The van der Waals surface area contributed by atoms with Gasteiger partial charge in [-0.15, -0.1) is 0 Å². The van der Waals surface area contributed by atoms with Crippen LogP contribution in [0.2, 0.25) is 0 Å². The molecule has 1 aliphatic heterocycles. The maximum atomic E-state index is 5.95. The third-order valence-corrected chi connectivity index (χ3v) is 7.58. The minimum Gasteiger partial charge on any atom is -0.351 e. The van der Waals surface area contributed by atoms with Crippen LogP contribution in [0, 0.1) is 41.5 Å². The molecule has 0 radical (unpaired) electrons. The van der Waals surface area contributed by atoms with Crippen molar-refractivity contribution in [2.75, 3.05) is 4.90 Å². The monoisotopic (exact) mass is 480 g/mol. The molecule has 0 aliphatic carbocycles. The van der Waals surface area contributed by atoms with Gasteiger partial charge in [0, 0.05) is 29.0 Å². The lowest BCUT2D eigenvalue weighted by atomic mass is 9.96. The minimum absolute atomic E-state index is 0.0235. The average molecular weight is 481 g/mol. The quantitative estimate of drug-likeness (QED) is 0.322. The van der Waals surface area contributed by atoms with Crippen LogP contribution < -0.4 is 10.2 Å². The van der Waals surface area contributed by atoms with Gasteiger partial charge in [0.05, 0.1) is 17.8 Å². The zero-order valence-corrected chi connectivity index (χ0v) is 22.1. The fourth-order valence-electron chi connectivity index (χ4n) is 5.24. The molecule has 1 aliphatic rings. The summed E-state index contributed by atoms with van der Waals surface area (Å²) in [5, 5.41) is 4.33. The highest BCUT2D eigenvalue weighted by Crippen LogP contribution is 2.44. The Hall–Kier alpha value is -3.44. The summed E-state index contributed by atoms with van der Waals surface area (Å²) < 4.78 is 2.38. The summed E-state index contributed by atoms with van der Waals surface area (Å²) in [6, 6.07) is 21.6. The molecule has 2 aromatic carbocycles. The lowest BCUT2D eigenvalue weighted by Gasteiger charge is -2.28. The lowest BCUT2D eigenvalue weighted by molar-refractivity contribution is 0.565. The van der Waals surface area contributed by atoms with Gasteiger partial charge in [-0.3, -0.25) is 4.98 Å². The number of nitrogens with one attached hydrogen (secondary N) is 1. The number of nitrogens with zero attached hydrogens (tertiary/aromatic N) is 3. The molecule has 0 unspecified atom stereocenters. The van der Waals surface area contributed by atoms with Gasteiger partial charge in [-0.1, -0.05) is 24.3 Å². The predicted molar refractivity (Wildman–Crippen MR) is 149 cm³/mol. The fraction of sp³-hybridized carbons (Fsp3) is 0.267. The summed E-state index contributed by atoms with van der Waals surface area (Å²) in [5.41, 5.74) is 12.1. The van der Waals surface area contributed by atoms with E-state index in [-0.39, 0.29) is 12.1 Å². The van der Waals surface area contributed by atoms with Gasteiger partial charge in [0.25, 0.3) is 0 Å². The van der Waals surface area contributed by atoms with Crippen molar-refractivity contribution in [3.05, 3.63) is 112 Å². The zero-order chi connectivity index (χ0) is 24.9. The number of rotatable bonds is 4. The van der Waals surface area contributed by atoms with Crippen molar-refractivity contribution < 1.29 is 0 Å². The maximum Gasteiger partial charge on any atom is 0.174 e. The van der Waals surface area contributed by atoms with Crippen molar-refractivity contribution in [1.29, 1.82) is 0 Å². The molecule has 35 heavy (non-hydrogen) atoms. The van der Waals surface area contributed by atoms with Crippen LogP contribution >= 0.6 is 12.2 Å². The van der Waals surface area contributed by atoms with Crippen LogP contribution in [0.1, 0.15) is 57.0 Å². The van der Waals surface area contributed by atoms with E-state index in [1.807, 2.05) is 18.3 Å². The second-order valence-electron chi connectivity index (χ2n) is 9.72. The van der Waals surface area contributed by atoms with Gasteiger partial charge in [-0.25, -0.2) is 0 Å². The molecule has 1 saturated heterocycles. The number of pyridine rings is 1. The molecule has 1 N–H and O–H groups in total. The Kier molecular flexibility index (Phi) is 5.97. The van der Waals surface area contributed by atoms with Gasteiger partial charge in [0.15, 0.2) is 5.11 Å². The standard InChI is InChI=1S/C30H32N4S/c1-18-10-11-20(3)27(15-18)33-22(5)17-25(23(33)6)29-28(26-9-7-8-14-31-26)32-30(35)34(29)24-13-12-19(2)21(4)16-24/h7-17,28-29H,1-6H3,(H,32,35)/t28-,29-/m0/s1. The van der Waals surface area contributed by atoms with Gasteiger partial charge in [-0.2, -0.15) is 0 Å². The largest absolute Gasteiger partial charge is 0.351 e. The van der Waals surface area contributed by atoms with Crippen molar-refractivity contribution in [3.63, 3.8) is 0 Å². The molecule has 4 nitrogen and oxygen atoms in total. The van der Waals surface area contributed by atoms with E-state index in [1.54, 1.807) is 0 Å². The third-order valence-electron chi connectivity index (χ3n) is 7.26. The van der Waals surface area contributed by atoms with E-state index < -0.39 is 0 Å². The molecule has 0 saturated carbocycles. The third kappa shape index (κ3) is 4.04. The number of aryl methyl sites for hydroxylation is 5. The Morgan fingerprint density at radius 2 is 1.60 bits per heavy atom. The molecule has 3 heterocycles. The van der Waals surface area contributed by atoms with Crippen molar-refractivity contribution in [2.24, 2.45) is 0 Å². The van der Waals surface area contributed by atoms with Gasteiger partial charge >= 0.3 is 0 Å². The summed E-state index contributed by atoms with van der Waals surface area (Å²) in [7, 11) is 0. The highest BCUT2D eigenvalue weighted by molar-refractivity contribution is 7.80. The normalized spacial score (nSPS) is 17.7. The molecule has 1 fully saturated rings. The van der Waals surface area contributed by atoms with Crippen molar-refractivity contribution >= 4 is 23.0 Å². The molecular formula is C30H32N4S. The summed E-state index contributed by atoms with van der Waals surface area (Å²) in [4.78, 5) is 6.99. The number of thiocarbonyl (C=S) groups is 1. The summed E-state index contributed by atoms with van der Waals surface area (Å²) in [6.45, 7) is 13.0. The van der Waals surface area contributed by atoms with Crippen molar-refractivity contribution in [1.82, 2.24) is 14.9 Å². The molecule has 5 heteroatoms. The first-order valence-electron chi connectivity index (χ1n) is 12.1.